The van der Waals surface area contributed by atoms with Gasteiger partial charge in [0, 0.05) is 12.1 Å². The summed E-state index contributed by atoms with van der Waals surface area (Å²) in [6.07, 6.45) is 5.08. The van der Waals surface area contributed by atoms with Gasteiger partial charge < -0.3 is 16.0 Å². The molecule has 0 atom stereocenters. The molecule has 1 aliphatic rings. The van der Waals surface area contributed by atoms with Crippen LogP contribution in [0.5, 0.6) is 0 Å². The van der Waals surface area contributed by atoms with Gasteiger partial charge in [0.05, 0.1) is 5.39 Å². The van der Waals surface area contributed by atoms with Gasteiger partial charge in [0.25, 0.3) is 0 Å². The maximum atomic E-state index is 5.79. The van der Waals surface area contributed by atoms with Crippen molar-refractivity contribution in [2.75, 3.05) is 31.7 Å². The Morgan fingerprint density at radius 2 is 2.10 bits per heavy atom. The lowest BCUT2D eigenvalue weighted by molar-refractivity contribution is 0.172. The highest BCUT2D eigenvalue weighted by molar-refractivity contribution is 7.16. The number of likely N-dealkylation sites (N-methyl/N-ethyl adjacent to an activating group) is 1. The fraction of sp³-hybridized carbons (Fsp3) is 0.571. The second kappa shape index (κ2) is 5.18. The minimum atomic E-state index is 0.238. The summed E-state index contributed by atoms with van der Waals surface area (Å²) in [6.45, 7) is 0.904. The normalized spacial score (nSPS) is 17.9. The number of nitrogens with two attached hydrogens (primary N) is 1. The van der Waals surface area contributed by atoms with Crippen molar-refractivity contribution in [2.24, 2.45) is 0 Å². The zero-order valence-corrected chi connectivity index (χ0v) is 12.8. The van der Waals surface area contributed by atoms with Crippen LogP contribution >= 0.6 is 11.3 Å². The van der Waals surface area contributed by atoms with Crippen molar-refractivity contribution >= 4 is 33.3 Å². The number of aromatic nitrogens is 2. The Bertz CT molecular complexity index is 601. The summed E-state index contributed by atoms with van der Waals surface area (Å²) in [6, 6.07) is 2.05. The van der Waals surface area contributed by atoms with Gasteiger partial charge in [-0.15, -0.1) is 11.3 Å². The molecule has 0 spiro atoms. The maximum absolute atomic E-state index is 5.79. The topological polar surface area (TPSA) is 67.1 Å². The van der Waals surface area contributed by atoms with Crippen LogP contribution in [0, 0.1) is 0 Å². The van der Waals surface area contributed by atoms with E-state index in [1.165, 1.54) is 25.7 Å². The number of hydrogen-bond acceptors (Lipinski definition) is 6. The van der Waals surface area contributed by atoms with Gasteiger partial charge in [-0.05, 0) is 38.4 Å². The monoisotopic (exact) mass is 291 g/mol. The Morgan fingerprint density at radius 1 is 1.35 bits per heavy atom. The number of thiophene rings is 1. The highest BCUT2D eigenvalue weighted by Crippen LogP contribution is 2.34. The van der Waals surface area contributed by atoms with Gasteiger partial charge >= 0.3 is 0 Å². The predicted molar refractivity (Wildman–Crippen MR) is 85.2 cm³/mol. The molecule has 3 N–H and O–H groups in total. The highest BCUT2D eigenvalue weighted by atomic mass is 32.1. The van der Waals surface area contributed by atoms with Gasteiger partial charge in [0.15, 0.2) is 0 Å². The zero-order valence-electron chi connectivity index (χ0n) is 12.0. The van der Waals surface area contributed by atoms with Crippen molar-refractivity contribution in [1.82, 2.24) is 14.9 Å². The van der Waals surface area contributed by atoms with E-state index in [4.69, 9.17) is 5.73 Å². The molecule has 2 heterocycles. The molecule has 0 unspecified atom stereocenters. The number of rotatable bonds is 4. The zero-order chi connectivity index (χ0) is 14.2. The van der Waals surface area contributed by atoms with Crippen molar-refractivity contribution < 1.29 is 0 Å². The first-order chi connectivity index (χ1) is 9.61. The Kier molecular flexibility index (Phi) is 3.52. The molecule has 0 radical (unpaired) electrons. The molecule has 1 saturated carbocycles. The number of nitrogen functional groups attached to an aromatic ring is 1. The lowest BCUT2D eigenvalue weighted by Gasteiger charge is -2.36. The lowest BCUT2D eigenvalue weighted by Crippen LogP contribution is -2.47. The van der Waals surface area contributed by atoms with Gasteiger partial charge in [-0.25, -0.2) is 4.98 Å². The van der Waals surface area contributed by atoms with Crippen LogP contribution in [-0.2, 0) is 0 Å². The molecule has 0 aliphatic heterocycles. The molecule has 0 saturated heterocycles. The van der Waals surface area contributed by atoms with Gasteiger partial charge in [-0.3, -0.25) is 0 Å². The molecule has 5 nitrogen and oxygen atoms in total. The Morgan fingerprint density at radius 3 is 2.80 bits per heavy atom. The molecule has 2 aromatic heterocycles. The summed E-state index contributed by atoms with van der Waals surface area (Å²) < 4.78 is 0. The largest absolute Gasteiger partial charge is 0.368 e. The first-order valence-electron chi connectivity index (χ1n) is 7.03. The average Bonchev–Trinajstić information content (AvgIpc) is 3.04. The minimum absolute atomic E-state index is 0.238. The standard InChI is InChI=1S/C14H21N5S/c1-19(2)14(6-3-4-7-14)9-16-11-10-5-8-20-12(10)18-13(15)17-11/h5,8H,3-4,6-7,9H2,1-2H3,(H3,15,16,17,18). The minimum Gasteiger partial charge on any atom is -0.368 e. The van der Waals surface area contributed by atoms with E-state index in [1.54, 1.807) is 11.3 Å². The Balaban J connectivity index is 1.84. The molecular formula is C14H21N5S. The Hall–Kier alpha value is -1.40. The van der Waals surface area contributed by atoms with Crippen molar-refractivity contribution in [3.05, 3.63) is 11.4 Å². The summed E-state index contributed by atoms with van der Waals surface area (Å²) in [4.78, 5) is 11.9. The molecule has 0 amide bonds. The third kappa shape index (κ3) is 2.33. The summed E-state index contributed by atoms with van der Waals surface area (Å²) in [5, 5.41) is 6.61. The van der Waals surface area contributed by atoms with Crippen LogP contribution in [0.2, 0.25) is 0 Å². The van der Waals surface area contributed by atoms with E-state index in [2.05, 4.69) is 40.3 Å². The van der Waals surface area contributed by atoms with Crippen LogP contribution < -0.4 is 11.1 Å². The number of nitrogens with zero attached hydrogens (tertiary/aromatic N) is 3. The molecular weight excluding hydrogens is 270 g/mol. The van der Waals surface area contributed by atoms with E-state index in [0.717, 1.165) is 22.6 Å². The first-order valence-corrected chi connectivity index (χ1v) is 7.91. The van der Waals surface area contributed by atoms with E-state index in [-0.39, 0.29) is 5.54 Å². The molecule has 20 heavy (non-hydrogen) atoms. The lowest BCUT2D eigenvalue weighted by atomic mass is 9.96. The smallest absolute Gasteiger partial charge is 0.223 e. The second-order valence-electron chi connectivity index (χ2n) is 5.75. The number of hydrogen-bond donors (Lipinski definition) is 2. The van der Waals surface area contributed by atoms with E-state index in [0.29, 0.717) is 5.95 Å². The van der Waals surface area contributed by atoms with Crippen LogP contribution in [0.1, 0.15) is 25.7 Å². The molecule has 6 heteroatoms. The maximum Gasteiger partial charge on any atom is 0.223 e. The summed E-state index contributed by atoms with van der Waals surface area (Å²) in [5.41, 5.74) is 6.03. The number of fused-ring (bicyclic) bond motifs is 1. The third-order valence-electron chi connectivity index (χ3n) is 4.41. The van der Waals surface area contributed by atoms with Gasteiger partial charge in [0.1, 0.15) is 10.6 Å². The predicted octanol–water partition coefficient (Wildman–Crippen LogP) is 2.56. The van der Waals surface area contributed by atoms with Crippen LogP contribution in [0.25, 0.3) is 10.2 Å². The van der Waals surface area contributed by atoms with Gasteiger partial charge in [0.2, 0.25) is 5.95 Å². The van der Waals surface area contributed by atoms with Gasteiger partial charge in [-0.1, -0.05) is 12.8 Å². The molecule has 0 bridgehead atoms. The molecule has 2 aromatic rings. The molecule has 1 aliphatic carbocycles. The average molecular weight is 291 g/mol. The second-order valence-corrected chi connectivity index (χ2v) is 6.64. The van der Waals surface area contributed by atoms with Crippen molar-refractivity contribution in [3.8, 4) is 0 Å². The Labute approximate surface area is 123 Å². The number of nitrogens with one attached hydrogen (secondary N) is 1. The van der Waals surface area contributed by atoms with E-state index in [9.17, 15) is 0 Å². The SMILES string of the molecule is CN(C)C1(CNc2nc(N)nc3sccc23)CCCC1. The highest BCUT2D eigenvalue weighted by Gasteiger charge is 2.35. The van der Waals surface area contributed by atoms with Crippen LogP contribution in [0.3, 0.4) is 0 Å². The van der Waals surface area contributed by atoms with Crippen molar-refractivity contribution in [3.63, 3.8) is 0 Å². The molecule has 1 fully saturated rings. The fourth-order valence-corrected chi connectivity index (χ4v) is 3.84. The van der Waals surface area contributed by atoms with E-state index >= 15 is 0 Å². The summed E-state index contributed by atoms with van der Waals surface area (Å²) in [5.74, 6) is 1.20. The van der Waals surface area contributed by atoms with Gasteiger partial charge in [-0.2, -0.15) is 4.98 Å². The molecule has 3 rings (SSSR count). The van der Waals surface area contributed by atoms with Crippen molar-refractivity contribution in [1.29, 1.82) is 0 Å². The van der Waals surface area contributed by atoms with Crippen LogP contribution in [0.15, 0.2) is 11.4 Å². The third-order valence-corrected chi connectivity index (χ3v) is 5.22. The fourth-order valence-electron chi connectivity index (χ4n) is 3.07. The summed E-state index contributed by atoms with van der Waals surface area (Å²) in [7, 11) is 4.34. The van der Waals surface area contributed by atoms with Crippen LogP contribution in [-0.4, -0.2) is 41.0 Å². The van der Waals surface area contributed by atoms with E-state index in [1.807, 2.05) is 5.38 Å². The summed E-state index contributed by atoms with van der Waals surface area (Å²) >= 11 is 1.60. The molecule has 0 aromatic carbocycles. The first kappa shape index (κ1) is 13.6. The van der Waals surface area contributed by atoms with E-state index < -0.39 is 0 Å². The molecule has 108 valence electrons. The van der Waals surface area contributed by atoms with Crippen LogP contribution in [0.4, 0.5) is 11.8 Å². The quantitative estimate of drug-likeness (QED) is 0.906. The number of anilines is 2. The van der Waals surface area contributed by atoms with Crippen molar-refractivity contribution in [2.45, 2.75) is 31.2 Å².